The van der Waals surface area contributed by atoms with Crippen LogP contribution in [-0.4, -0.2) is 32.5 Å². The standard InChI is InChI=1S/C13H17NO4/c1-3-17-11-6-4-5-10(9-15)13(11)18-8-7-12(16)14-2/h4-6,9H,3,7-8H2,1-2H3,(H,14,16). The number of ether oxygens (including phenoxy) is 2. The molecule has 98 valence electrons. The zero-order valence-electron chi connectivity index (χ0n) is 10.6. The van der Waals surface area contributed by atoms with Crippen LogP contribution in [0.3, 0.4) is 0 Å². The van der Waals surface area contributed by atoms with Crippen LogP contribution in [0, 0.1) is 0 Å². The minimum atomic E-state index is -0.114. The summed E-state index contributed by atoms with van der Waals surface area (Å²) in [5.41, 5.74) is 0.415. The minimum absolute atomic E-state index is 0.114. The molecule has 1 aromatic rings. The highest BCUT2D eigenvalue weighted by atomic mass is 16.5. The Morgan fingerprint density at radius 3 is 2.78 bits per heavy atom. The molecule has 0 aliphatic carbocycles. The molecule has 0 bridgehead atoms. The van der Waals surface area contributed by atoms with Gasteiger partial charge in [-0.15, -0.1) is 0 Å². The average Bonchev–Trinajstić information content (AvgIpc) is 2.40. The Balaban J connectivity index is 2.77. The van der Waals surface area contributed by atoms with E-state index in [0.29, 0.717) is 30.0 Å². The molecule has 0 unspecified atom stereocenters. The van der Waals surface area contributed by atoms with Gasteiger partial charge < -0.3 is 14.8 Å². The van der Waals surface area contributed by atoms with Crippen molar-refractivity contribution in [1.29, 1.82) is 0 Å². The number of benzene rings is 1. The molecule has 5 heteroatoms. The summed E-state index contributed by atoms with van der Waals surface area (Å²) in [5, 5.41) is 2.50. The molecule has 0 aromatic heterocycles. The predicted octanol–water partition coefficient (Wildman–Crippen LogP) is 1.41. The number of carbonyl (C=O) groups excluding carboxylic acids is 2. The number of amides is 1. The first-order chi connectivity index (χ1) is 8.72. The molecule has 0 saturated carbocycles. The van der Waals surface area contributed by atoms with Crippen molar-refractivity contribution in [2.24, 2.45) is 0 Å². The molecule has 0 saturated heterocycles. The lowest BCUT2D eigenvalue weighted by atomic mass is 10.2. The molecule has 0 radical (unpaired) electrons. The van der Waals surface area contributed by atoms with E-state index in [9.17, 15) is 9.59 Å². The lowest BCUT2D eigenvalue weighted by Gasteiger charge is -2.13. The Bertz CT molecular complexity index is 417. The fourth-order valence-electron chi connectivity index (χ4n) is 1.42. The molecule has 1 N–H and O–H groups in total. The van der Waals surface area contributed by atoms with Gasteiger partial charge in [-0.3, -0.25) is 9.59 Å². The molecule has 1 amide bonds. The number of para-hydroxylation sites is 1. The topological polar surface area (TPSA) is 64.6 Å². The smallest absolute Gasteiger partial charge is 0.223 e. The second kappa shape index (κ2) is 7.32. The largest absolute Gasteiger partial charge is 0.490 e. The SMILES string of the molecule is CCOc1cccc(C=O)c1OCCC(=O)NC. The van der Waals surface area contributed by atoms with E-state index in [0.717, 1.165) is 0 Å². The molecule has 0 spiro atoms. The highest BCUT2D eigenvalue weighted by molar-refractivity contribution is 5.81. The maximum Gasteiger partial charge on any atom is 0.223 e. The summed E-state index contributed by atoms with van der Waals surface area (Å²) in [6.45, 7) is 2.53. The van der Waals surface area contributed by atoms with Gasteiger partial charge in [0.05, 0.1) is 25.2 Å². The number of aldehydes is 1. The van der Waals surface area contributed by atoms with E-state index in [1.54, 1.807) is 25.2 Å². The summed E-state index contributed by atoms with van der Waals surface area (Å²) >= 11 is 0. The molecule has 1 rings (SSSR count). The summed E-state index contributed by atoms with van der Waals surface area (Å²) in [7, 11) is 1.56. The lowest BCUT2D eigenvalue weighted by Crippen LogP contribution is -2.20. The van der Waals surface area contributed by atoms with Gasteiger partial charge in [0.15, 0.2) is 17.8 Å². The Hall–Kier alpha value is -2.04. The summed E-state index contributed by atoms with van der Waals surface area (Å²) in [5.74, 6) is 0.786. The average molecular weight is 251 g/mol. The van der Waals surface area contributed by atoms with E-state index in [2.05, 4.69) is 5.32 Å². The lowest BCUT2D eigenvalue weighted by molar-refractivity contribution is -0.121. The molecule has 5 nitrogen and oxygen atoms in total. The van der Waals surface area contributed by atoms with Crippen molar-refractivity contribution in [2.75, 3.05) is 20.3 Å². The molecule has 0 aliphatic rings. The third-order valence-electron chi connectivity index (χ3n) is 2.29. The maximum absolute atomic E-state index is 11.1. The third-order valence-corrected chi connectivity index (χ3v) is 2.29. The van der Waals surface area contributed by atoms with Gasteiger partial charge in [0.2, 0.25) is 5.91 Å². The van der Waals surface area contributed by atoms with Crippen molar-refractivity contribution in [3.8, 4) is 11.5 Å². The van der Waals surface area contributed by atoms with Crippen LogP contribution in [0.2, 0.25) is 0 Å². The van der Waals surface area contributed by atoms with E-state index < -0.39 is 0 Å². The van der Waals surface area contributed by atoms with Crippen molar-refractivity contribution in [2.45, 2.75) is 13.3 Å². The van der Waals surface area contributed by atoms with Crippen LogP contribution >= 0.6 is 0 Å². The molecule has 1 aromatic carbocycles. The van der Waals surface area contributed by atoms with Gasteiger partial charge in [-0.1, -0.05) is 6.07 Å². The van der Waals surface area contributed by atoms with Crippen molar-refractivity contribution in [3.63, 3.8) is 0 Å². The number of hydrogen-bond donors (Lipinski definition) is 1. The van der Waals surface area contributed by atoms with Gasteiger partial charge in [-0.05, 0) is 19.1 Å². The summed E-state index contributed by atoms with van der Waals surface area (Å²) in [6, 6.07) is 5.09. The quantitative estimate of drug-likeness (QED) is 0.744. The first kappa shape index (κ1) is 14.0. The highest BCUT2D eigenvalue weighted by Crippen LogP contribution is 2.30. The normalized spacial score (nSPS) is 9.67. The first-order valence-corrected chi connectivity index (χ1v) is 5.77. The van der Waals surface area contributed by atoms with E-state index in [1.807, 2.05) is 6.92 Å². The van der Waals surface area contributed by atoms with Crippen LogP contribution in [0.25, 0.3) is 0 Å². The van der Waals surface area contributed by atoms with E-state index in [-0.39, 0.29) is 18.9 Å². The van der Waals surface area contributed by atoms with Crippen LogP contribution in [-0.2, 0) is 4.79 Å². The zero-order chi connectivity index (χ0) is 13.4. The van der Waals surface area contributed by atoms with Gasteiger partial charge in [0, 0.05) is 7.05 Å². The second-order valence-electron chi connectivity index (χ2n) is 3.50. The van der Waals surface area contributed by atoms with Crippen molar-refractivity contribution in [1.82, 2.24) is 5.32 Å². The summed E-state index contributed by atoms with van der Waals surface area (Å²) in [6.07, 6.45) is 0.938. The van der Waals surface area contributed by atoms with E-state index in [4.69, 9.17) is 9.47 Å². The van der Waals surface area contributed by atoms with Gasteiger partial charge in [0.25, 0.3) is 0 Å². The Kier molecular flexibility index (Phi) is 5.70. The van der Waals surface area contributed by atoms with Gasteiger partial charge >= 0.3 is 0 Å². The van der Waals surface area contributed by atoms with Crippen molar-refractivity contribution < 1.29 is 19.1 Å². The van der Waals surface area contributed by atoms with Crippen molar-refractivity contribution >= 4 is 12.2 Å². The van der Waals surface area contributed by atoms with Gasteiger partial charge in [-0.25, -0.2) is 0 Å². The molecule has 0 aliphatic heterocycles. The van der Waals surface area contributed by atoms with E-state index in [1.165, 1.54) is 0 Å². The maximum atomic E-state index is 11.1. The monoisotopic (exact) mass is 251 g/mol. The van der Waals surface area contributed by atoms with Crippen LogP contribution in [0.15, 0.2) is 18.2 Å². The Morgan fingerprint density at radius 2 is 2.17 bits per heavy atom. The van der Waals surface area contributed by atoms with Gasteiger partial charge in [0.1, 0.15) is 0 Å². The van der Waals surface area contributed by atoms with Crippen LogP contribution in [0.1, 0.15) is 23.7 Å². The highest BCUT2D eigenvalue weighted by Gasteiger charge is 2.11. The Labute approximate surface area is 106 Å². The van der Waals surface area contributed by atoms with Crippen LogP contribution in [0.5, 0.6) is 11.5 Å². The van der Waals surface area contributed by atoms with Crippen molar-refractivity contribution in [3.05, 3.63) is 23.8 Å². The third kappa shape index (κ3) is 3.76. The first-order valence-electron chi connectivity index (χ1n) is 5.77. The number of nitrogens with one attached hydrogen (secondary N) is 1. The Morgan fingerprint density at radius 1 is 1.39 bits per heavy atom. The van der Waals surface area contributed by atoms with Gasteiger partial charge in [-0.2, -0.15) is 0 Å². The van der Waals surface area contributed by atoms with Crippen LogP contribution in [0.4, 0.5) is 0 Å². The predicted molar refractivity (Wildman–Crippen MR) is 67.2 cm³/mol. The zero-order valence-corrected chi connectivity index (χ0v) is 10.6. The molecule has 0 atom stereocenters. The number of hydrogen-bond acceptors (Lipinski definition) is 4. The minimum Gasteiger partial charge on any atom is -0.490 e. The second-order valence-corrected chi connectivity index (χ2v) is 3.50. The van der Waals surface area contributed by atoms with E-state index >= 15 is 0 Å². The molecule has 18 heavy (non-hydrogen) atoms. The molecule has 0 fully saturated rings. The van der Waals surface area contributed by atoms with Crippen LogP contribution < -0.4 is 14.8 Å². The molecular weight excluding hydrogens is 234 g/mol. The number of carbonyl (C=O) groups is 2. The molecular formula is C13H17NO4. The molecule has 0 heterocycles. The number of rotatable bonds is 7. The fourth-order valence-corrected chi connectivity index (χ4v) is 1.42. The summed E-state index contributed by atoms with van der Waals surface area (Å²) in [4.78, 5) is 22.0. The summed E-state index contributed by atoms with van der Waals surface area (Å²) < 4.78 is 10.8. The fraction of sp³-hybridized carbons (Fsp3) is 0.385.